The fourth-order valence-electron chi connectivity index (χ4n) is 1.77. The lowest BCUT2D eigenvalue weighted by Gasteiger charge is -2.19. The number of nitrogens with one attached hydrogen (secondary N) is 1. The van der Waals surface area contributed by atoms with Crippen LogP contribution in [0.2, 0.25) is 0 Å². The van der Waals surface area contributed by atoms with E-state index in [1.54, 1.807) is 18.5 Å². The predicted octanol–water partition coefficient (Wildman–Crippen LogP) is 3.27. The van der Waals surface area contributed by atoms with Crippen LogP contribution in [-0.2, 0) is 5.41 Å². The van der Waals surface area contributed by atoms with Crippen LogP contribution in [0.15, 0.2) is 42.7 Å². The van der Waals surface area contributed by atoms with E-state index in [4.69, 9.17) is 4.74 Å². The molecule has 0 unspecified atom stereocenters. The number of nitrogens with zero attached hydrogens (tertiary/aromatic N) is 2. The van der Waals surface area contributed by atoms with Crippen molar-refractivity contribution in [3.05, 3.63) is 48.3 Å². The average Bonchev–Trinajstić information content (AvgIpc) is 2.44. The van der Waals surface area contributed by atoms with Gasteiger partial charge in [0.15, 0.2) is 0 Å². The molecule has 0 fully saturated rings. The molecule has 1 heterocycles. The van der Waals surface area contributed by atoms with E-state index >= 15 is 0 Å². The monoisotopic (exact) mass is 271 g/mol. The maximum absolute atomic E-state index is 5.75. The van der Waals surface area contributed by atoms with Crippen LogP contribution in [-0.4, -0.2) is 23.1 Å². The van der Waals surface area contributed by atoms with Gasteiger partial charge in [-0.25, -0.2) is 9.97 Å². The Labute approximate surface area is 120 Å². The highest BCUT2D eigenvalue weighted by Gasteiger charge is 2.13. The zero-order valence-electron chi connectivity index (χ0n) is 12.3. The highest BCUT2D eigenvalue weighted by Crippen LogP contribution is 2.25. The fourth-order valence-corrected chi connectivity index (χ4v) is 1.77. The number of benzene rings is 1. The van der Waals surface area contributed by atoms with Crippen molar-refractivity contribution >= 4 is 5.95 Å². The zero-order valence-corrected chi connectivity index (χ0v) is 12.3. The normalized spacial score (nSPS) is 11.2. The Morgan fingerprint density at radius 1 is 1.10 bits per heavy atom. The topological polar surface area (TPSA) is 47.0 Å². The molecule has 20 heavy (non-hydrogen) atoms. The molecule has 2 aromatic rings. The van der Waals surface area contributed by atoms with Gasteiger partial charge in [-0.05, 0) is 29.2 Å². The maximum Gasteiger partial charge on any atom is 0.222 e. The summed E-state index contributed by atoms with van der Waals surface area (Å²) in [5, 5.41) is 3.11. The largest absolute Gasteiger partial charge is 0.492 e. The molecular weight excluding hydrogens is 250 g/mol. The molecule has 1 N–H and O–H groups in total. The van der Waals surface area contributed by atoms with Gasteiger partial charge in [-0.2, -0.15) is 0 Å². The van der Waals surface area contributed by atoms with Crippen LogP contribution < -0.4 is 10.1 Å². The first kappa shape index (κ1) is 14.3. The first-order valence-electron chi connectivity index (χ1n) is 6.80. The van der Waals surface area contributed by atoms with E-state index in [2.05, 4.69) is 48.2 Å². The molecule has 0 atom stereocenters. The Kier molecular flexibility index (Phi) is 4.56. The summed E-state index contributed by atoms with van der Waals surface area (Å²) in [4.78, 5) is 8.18. The highest BCUT2D eigenvalue weighted by molar-refractivity contribution is 5.32. The first-order chi connectivity index (χ1) is 9.55. The number of ether oxygens (including phenoxy) is 1. The fraction of sp³-hybridized carbons (Fsp3) is 0.375. The van der Waals surface area contributed by atoms with E-state index < -0.39 is 0 Å². The van der Waals surface area contributed by atoms with E-state index in [1.807, 2.05) is 12.1 Å². The molecule has 0 aliphatic rings. The van der Waals surface area contributed by atoms with Gasteiger partial charge in [-0.3, -0.25) is 0 Å². The summed E-state index contributed by atoms with van der Waals surface area (Å²) in [5.74, 6) is 1.52. The van der Waals surface area contributed by atoms with Crippen molar-refractivity contribution in [2.45, 2.75) is 26.2 Å². The maximum atomic E-state index is 5.75. The van der Waals surface area contributed by atoms with Crippen molar-refractivity contribution in [2.75, 3.05) is 18.5 Å². The van der Waals surface area contributed by atoms with Gasteiger partial charge in [-0.15, -0.1) is 0 Å². The van der Waals surface area contributed by atoms with Crippen LogP contribution in [0, 0.1) is 0 Å². The third-order valence-electron chi connectivity index (χ3n) is 2.92. The summed E-state index contributed by atoms with van der Waals surface area (Å²) < 4.78 is 5.75. The minimum absolute atomic E-state index is 0.134. The van der Waals surface area contributed by atoms with Gasteiger partial charge < -0.3 is 10.1 Å². The molecule has 0 radical (unpaired) electrons. The Balaban J connectivity index is 1.83. The molecule has 0 aliphatic heterocycles. The van der Waals surface area contributed by atoms with E-state index in [0.29, 0.717) is 19.1 Å². The van der Waals surface area contributed by atoms with Crippen molar-refractivity contribution in [2.24, 2.45) is 0 Å². The van der Waals surface area contributed by atoms with Crippen LogP contribution in [0.4, 0.5) is 5.95 Å². The summed E-state index contributed by atoms with van der Waals surface area (Å²) in [7, 11) is 0. The SMILES string of the molecule is CC(C)(C)c1cccc(OCCNc2ncccn2)c1. The van der Waals surface area contributed by atoms with Crippen molar-refractivity contribution < 1.29 is 4.74 Å². The minimum Gasteiger partial charge on any atom is -0.492 e. The molecule has 4 heteroatoms. The standard InChI is InChI=1S/C16H21N3O/c1-16(2,3)13-6-4-7-14(12-13)20-11-10-19-15-17-8-5-9-18-15/h4-9,12H,10-11H2,1-3H3,(H,17,18,19). The van der Waals surface area contributed by atoms with E-state index in [0.717, 1.165) is 5.75 Å². The summed E-state index contributed by atoms with van der Waals surface area (Å²) in [6.45, 7) is 7.83. The van der Waals surface area contributed by atoms with Crippen LogP contribution in [0.25, 0.3) is 0 Å². The number of anilines is 1. The smallest absolute Gasteiger partial charge is 0.222 e. The van der Waals surface area contributed by atoms with E-state index in [1.165, 1.54) is 5.56 Å². The van der Waals surface area contributed by atoms with E-state index in [9.17, 15) is 0 Å². The highest BCUT2D eigenvalue weighted by atomic mass is 16.5. The van der Waals surface area contributed by atoms with Gasteiger partial charge >= 0.3 is 0 Å². The van der Waals surface area contributed by atoms with Gasteiger partial charge in [0.25, 0.3) is 0 Å². The van der Waals surface area contributed by atoms with Gasteiger partial charge in [0, 0.05) is 12.4 Å². The van der Waals surface area contributed by atoms with Crippen molar-refractivity contribution in [1.82, 2.24) is 9.97 Å². The van der Waals surface area contributed by atoms with Crippen molar-refractivity contribution in [3.8, 4) is 5.75 Å². The van der Waals surface area contributed by atoms with E-state index in [-0.39, 0.29) is 5.41 Å². The summed E-state index contributed by atoms with van der Waals surface area (Å²) in [5.41, 5.74) is 1.41. The molecule has 0 aliphatic carbocycles. The molecule has 0 spiro atoms. The first-order valence-corrected chi connectivity index (χ1v) is 6.80. The minimum atomic E-state index is 0.134. The van der Waals surface area contributed by atoms with Gasteiger partial charge in [0.1, 0.15) is 12.4 Å². The molecule has 0 amide bonds. The lowest BCUT2D eigenvalue weighted by molar-refractivity contribution is 0.331. The van der Waals surface area contributed by atoms with Crippen LogP contribution >= 0.6 is 0 Å². The summed E-state index contributed by atoms with van der Waals surface area (Å²) >= 11 is 0. The third-order valence-corrected chi connectivity index (χ3v) is 2.92. The van der Waals surface area contributed by atoms with Crippen molar-refractivity contribution in [1.29, 1.82) is 0 Å². The zero-order chi connectivity index (χ0) is 14.4. The summed E-state index contributed by atoms with van der Waals surface area (Å²) in [6.07, 6.45) is 3.42. The van der Waals surface area contributed by atoms with Gasteiger partial charge in [-0.1, -0.05) is 32.9 Å². The molecule has 106 valence electrons. The molecule has 0 bridgehead atoms. The molecule has 1 aromatic carbocycles. The molecule has 0 saturated heterocycles. The lowest BCUT2D eigenvalue weighted by Crippen LogP contribution is -2.14. The Morgan fingerprint density at radius 3 is 2.55 bits per heavy atom. The Morgan fingerprint density at radius 2 is 1.85 bits per heavy atom. The second-order valence-corrected chi connectivity index (χ2v) is 5.63. The van der Waals surface area contributed by atoms with Crippen molar-refractivity contribution in [3.63, 3.8) is 0 Å². The second kappa shape index (κ2) is 6.37. The van der Waals surface area contributed by atoms with Crippen LogP contribution in [0.5, 0.6) is 5.75 Å². The number of rotatable bonds is 5. The number of hydrogen-bond donors (Lipinski definition) is 1. The predicted molar refractivity (Wildman–Crippen MR) is 81.2 cm³/mol. The van der Waals surface area contributed by atoms with Crippen LogP contribution in [0.1, 0.15) is 26.3 Å². The molecule has 2 rings (SSSR count). The third kappa shape index (κ3) is 4.23. The molecular formula is C16H21N3O. The summed E-state index contributed by atoms with van der Waals surface area (Å²) in [6, 6.07) is 10.0. The number of hydrogen-bond acceptors (Lipinski definition) is 4. The molecule has 1 aromatic heterocycles. The van der Waals surface area contributed by atoms with Crippen LogP contribution in [0.3, 0.4) is 0 Å². The molecule has 4 nitrogen and oxygen atoms in total. The van der Waals surface area contributed by atoms with Gasteiger partial charge in [0.2, 0.25) is 5.95 Å². The Bertz CT molecular complexity index is 535. The lowest BCUT2D eigenvalue weighted by atomic mass is 9.87. The Hall–Kier alpha value is -2.10. The number of aromatic nitrogens is 2. The van der Waals surface area contributed by atoms with Gasteiger partial charge in [0.05, 0.1) is 6.54 Å². The molecule has 0 saturated carbocycles. The quantitative estimate of drug-likeness (QED) is 0.848. The average molecular weight is 271 g/mol. The second-order valence-electron chi connectivity index (χ2n) is 5.63.